The normalized spacial score (nSPS) is 22.5. The summed E-state index contributed by atoms with van der Waals surface area (Å²) >= 11 is 0. The van der Waals surface area contributed by atoms with E-state index in [1.54, 1.807) is 0 Å². The first-order valence-corrected chi connectivity index (χ1v) is 6.49. The van der Waals surface area contributed by atoms with Gasteiger partial charge in [0, 0.05) is 6.54 Å². The van der Waals surface area contributed by atoms with Crippen LogP contribution in [0.5, 0.6) is 0 Å². The van der Waals surface area contributed by atoms with Crippen LogP contribution in [-0.2, 0) is 10.0 Å². The van der Waals surface area contributed by atoms with Crippen molar-refractivity contribution < 1.29 is 12.8 Å². The second-order valence-electron chi connectivity index (χ2n) is 3.78. The monoisotopic (exact) mass is 244 g/mol. The average Bonchev–Trinajstić information content (AvgIpc) is 2.65. The molecule has 1 aromatic carbocycles. The average molecular weight is 244 g/mol. The van der Waals surface area contributed by atoms with Gasteiger partial charge in [-0.15, -0.1) is 0 Å². The summed E-state index contributed by atoms with van der Waals surface area (Å²) in [7, 11) is -3.64. The van der Waals surface area contributed by atoms with Crippen LogP contribution in [0.2, 0.25) is 0 Å². The SMILES string of the molecule is NC1CCCN1S(=O)(=O)c1cccc(F)c1. The third-order valence-corrected chi connectivity index (χ3v) is 4.57. The number of halogens is 1. The van der Waals surface area contributed by atoms with Crippen molar-refractivity contribution in [2.24, 2.45) is 5.73 Å². The molecule has 0 bridgehead atoms. The third kappa shape index (κ3) is 1.95. The lowest BCUT2D eigenvalue weighted by atomic mass is 10.3. The van der Waals surface area contributed by atoms with Crippen molar-refractivity contribution in [3.05, 3.63) is 30.1 Å². The van der Waals surface area contributed by atoms with Crippen molar-refractivity contribution in [2.45, 2.75) is 23.9 Å². The van der Waals surface area contributed by atoms with E-state index in [4.69, 9.17) is 5.73 Å². The molecule has 0 amide bonds. The fraction of sp³-hybridized carbons (Fsp3) is 0.400. The highest BCUT2D eigenvalue weighted by Gasteiger charge is 2.33. The highest BCUT2D eigenvalue weighted by Crippen LogP contribution is 2.23. The van der Waals surface area contributed by atoms with Gasteiger partial charge >= 0.3 is 0 Å². The molecular weight excluding hydrogens is 231 g/mol. The molecule has 1 aliphatic rings. The minimum Gasteiger partial charge on any atom is -0.315 e. The summed E-state index contributed by atoms with van der Waals surface area (Å²) in [5.74, 6) is -0.561. The Kier molecular flexibility index (Phi) is 2.96. The van der Waals surface area contributed by atoms with Gasteiger partial charge in [0.05, 0.1) is 11.1 Å². The second-order valence-corrected chi connectivity index (χ2v) is 5.67. The second kappa shape index (κ2) is 4.12. The number of hydrogen-bond acceptors (Lipinski definition) is 3. The molecule has 2 N–H and O–H groups in total. The van der Waals surface area contributed by atoms with Gasteiger partial charge in [-0.25, -0.2) is 12.8 Å². The summed E-state index contributed by atoms with van der Waals surface area (Å²) in [6.07, 6.45) is 0.901. The van der Waals surface area contributed by atoms with Crippen molar-refractivity contribution in [3.8, 4) is 0 Å². The quantitative estimate of drug-likeness (QED) is 0.840. The van der Waals surface area contributed by atoms with Crippen LogP contribution in [0.4, 0.5) is 4.39 Å². The Bertz CT molecular complexity index is 489. The van der Waals surface area contributed by atoms with Crippen LogP contribution < -0.4 is 5.73 Å². The fourth-order valence-electron chi connectivity index (χ4n) is 1.83. The van der Waals surface area contributed by atoms with Gasteiger partial charge in [-0.1, -0.05) is 6.07 Å². The van der Waals surface area contributed by atoms with E-state index >= 15 is 0 Å². The number of hydrogen-bond donors (Lipinski definition) is 1. The van der Waals surface area contributed by atoms with Gasteiger partial charge in [-0.05, 0) is 31.0 Å². The Hall–Kier alpha value is -0.980. The largest absolute Gasteiger partial charge is 0.315 e. The first-order chi connectivity index (χ1) is 7.51. The van der Waals surface area contributed by atoms with Crippen LogP contribution in [0.1, 0.15) is 12.8 Å². The Balaban J connectivity index is 2.39. The van der Waals surface area contributed by atoms with Gasteiger partial charge in [-0.3, -0.25) is 0 Å². The molecule has 1 unspecified atom stereocenters. The highest BCUT2D eigenvalue weighted by atomic mass is 32.2. The summed E-state index contributed by atoms with van der Waals surface area (Å²) in [5.41, 5.74) is 5.69. The van der Waals surface area contributed by atoms with Gasteiger partial charge in [0.25, 0.3) is 0 Å². The minimum absolute atomic E-state index is 0.0372. The van der Waals surface area contributed by atoms with Crippen LogP contribution in [0.25, 0.3) is 0 Å². The van der Waals surface area contributed by atoms with Crippen LogP contribution in [0, 0.1) is 5.82 Å². The molecule has 6 heteroatoms. The van der Waals surface area contributed by atoms with Crippen molar-refractivity contribution >= 4 is 10.0 Å². The van der Waals surface area contributed by atoms with Crippen LogP contribution >= 0.6 is 0 Å². The van der Waals surface area contributed by atoms with E-state index in [1.165, 1.54) is 22.5 Å². The van der Waals surface area contributed by atoms with Crippen molar-refractivity contribution in [1.82, 2.24) is 4.31 Å². The van der Waals surface area contributed by atoms with Gasteiger partial charge in [0.15, 0.2) is 0 Å². The Labute approximate surface area is 93.9 Å². The van der Waals surface area contributed by atoms with E-state index < -0.39 is 22.0 Å². The highest BCUT2D eigenvalue weighted by molar-refractivity contribution is 7.89. The first-order valence-electron chi connectivity index (χ1n) is 5.05. The molecule has 1 fully saturated rings. The van der Waals surface area contributed by atoms with Gasteiger partial charge in [0.2, 0.25) is 10.0 Å². The van der Waals surface area contributed by atoms with Gasteiger partial charge < -0.3 is 5.73 Å². The summed E-state index contributed by atoms with van der Waals surface area (Å²) < 4.78 is 38.3. The maximum absolute atomic E-state index is 13.0. The molecular formula is C10H13FN2O2S. The summed E-state index contributed by atoms with van der Waals surface area (Å²) in [5, 5.41) is 0. The van der Waals surface area contributed by atoms with E-state index in [1.807, 2.05) is 0 Å². The molecule has 1 aliphatic heterocycles. The molecule has 2 rings (SSSR count). The Morgan fingerprint density at radius 1 is 1.44 bits per heavy atom. The van der Waals surface area contributed by atoms with E-state index in [9.17, 15) is 12.8 Å². The number of nitrogens with zero attached hydrogens (tertiary/aromatic N) is 1. The number of benzene rings is 1. The first kappa shape index (κ1) is 11.5. The zero-order chi connectivity index (χ0) is 11.8. The topological polar surface area (TPSA) is 63.4 Å². The molecule has 1 heterocycles. The van der Waals surface area contributed by atoms with Crippen molar-refractivity contribution in [2.75, 3.05) is 6.54 Å². The fourth-order valence-corrected chi connectivity index (χ4v) is 3.44. The van der Waals surface area contributed by atoms with Crippen LogP contribution in [0.3, 0.4) is 0 Å². The molecule has 1 atom stereocenters. The van der Waals surface area contributed by atoms with Crippen LogP contribution in [-0.4, -0.2) is 25.4 Å². The lowest BCUT2D eigenvalue weighted by Gasteiger charge is -2.20. The molecule has 1 aromatic rings. The smallest absolute Gasteiger partial charge is 0.244 e. The molecule has 4 nitrogen and oxygen atoms in total. The number of rotatable bonds is 2. The molecule has 88 valence electrons. The van der Waals surface area contributed by atoms with Crippen LogP contribution in [0.15, 0.2) is 29.2 Å². The van der Waals surface area contributed by atoms with Crippen molar-refractivity contribution in [3.63, 3.8) is 0 Å². The number of sulfonamides is 1. The van der Waals surface area contributed by atoms with E-state index in [0.29, 0.717) is 13.0 Å². The third-order valence-electron chi connectivity index (χ3n) is 2.65. The van der Waals surface area contributed by atoms with E-state index in [-0.39, 0.29) is 4.90 Å². The summed E-state index contributed by atoms with van der Waals surface area (Å²) in [6.45, 7) is 0.403. The molecule has 1 saturated heterocycles. The molecule has 0 saturated carbocycles. The van der Waals surface area contributed by atoms with E-state index in [0.717, 1.165) is 12.5 Å². The maximum Gasteiger partial charge on any atom is 0.244 e. The van der Waals surface area contributed by atoms with E-state index in [2.05, 4.69) is 0 Å². The standard InChI is InChI=1S/C10H13FN2O2S/c11-8-3-1-4-9(7-8)16(14,15)13-6-2-5-10(13)12/h1,3-4,7,10H,2,5-6,12H2. The Morgan fingerprint density at radius 3 is 2.75 bits per heavy atom. The maximum atomic E-state index is 13.0. The lowest BCUT2D eigenvalue weighted by Crippen LogP contribution is -2.40. The minimum atomic E-state index is -3.64. The lowest BCUT2D eigenvalue weighted by molar-refractivity contribution is 0.395. The van der Waals surface area contributed by atoms with Crippen molar-refractivity contribution in [1.29, 1.82) is 0 Å². The summed E-state index contributed by atoms with van der Waals surface area (Å²) in [6, 6.07) is 4.98. The molecule has 0 spiro atoms. The molecule has 0 aliphatic carbocycles. The Morgan fingerprint density at radius 2 is 2.19 bits per heavy atom. The predicted octanol–water partition coefficient (Wildman–Crippen LogP) is 0.895. The molecule has 0 radical (unpaired) electrons. The summed E-state index contributed by atoms with van der Waals surface area (Å²) in [4.78, 5) is -0.0372. The molecule has 16 heavy (non-hydrogen) atoms. The van der Waals surface area contributed by atoms with Gasteiger partial charge in [0.1, 0.15) is 5.82 Å². The zero-order valence-electron chi connectivity index (χ0n) is 8.64. The zero-order valence-corrected chi connectivity index (χ0v) is 9.45. The number of nitrogens with two attached hydrogens (primary N) is 1. The van der Waals surface area contributed by atoms with Gasteiger partial charge in [-0.2, -0.15) is 4.31 Å². The molecule has 0 aromatic heterocycles. The predicted molar refractivity (Wildman–Crippen MR) is 57.5 cm³/mol.